The summed E-state index contributed by atoms with van der Waals surface area (Å²) in [4.78, 5) is 33.2. The van der Waals surface area contributed by atoms with E-state index in [2.05, 4.69) is 36.1 Å². The number of hydrogen-bond donors (Lipinski definition) is 3. The van der Waals surface area contributed by atoms with Crippen LogP contribution in [0.3, 0.4) is 0 Å². The molecule has 0 aliphatic heterocycles. The first kappa shape index (κ1) is 23.1. The van der Waals surface area contributed by atoms with Gasteiger partial charge in [0.25, 0.3) is 0 Å². The SMILES string of the molecule is CCCCCC(=O)c1c(C(C)C)ccc2[nH]c(CNC(=O)[C@@H](N)[C@@H](C)CC)nc12. The fraction of sp³-hybridized carbons (Fsp3) is 0.609. The van der Waals surface area contributed by atoms with Crippen molar-refractivity contribution < 1.29 is 9.59 Å². The van der Waals surface area contributed by atoms with E-state index in [9.17, 15) is 9.59 Å². The second kappa shape index (κ2) is 10.5. The molecule has 0 bridgehead atoms. The first-order valence-corrected chi connectivity index (χ1v) is 10.9. The van der Waals surface area contributed by atoms with Gasteiger partial charge in [-0.15, -0.1) is 0 Å². The largest absolute Gasteiger partial charge is 0.348 e. The van der Waals surface area contributed by atoms with Crippen LogP contribution in [0.15, 0.2) is 12.1 Å². The third-order valence-electron chi connectivity index (χ3n) is 5.63. The average Bonchev–Trinajstić information content (AvgIpc) is 3.12. The zero-order valence-corrected chi connectivity index (χ0v) is 18.5. The number of ketones is 1. The Morgan fingerprint density at radius 3 is 2.52 bits per heavy atom. The normalized spacial score (nSPS) is 13.6. The predicted octanol–water partition coefficient (Wildman–Crippen LogP) is 4.44. The molecule has 0 unspecified atom stereocenters. The fourth-order valence-corrected chi connectivity index (χ4v) is 3.46. The molecule has 160 valence electrons. The summed E-state index contributed by atoms with van der Waals surface area (Å²) in [6.07, 6.45) is 4.41. The molecule has 4 N–H and O–H groups in total. The van der Waals surface area contributed by atoms with Gasteiger partial charge < -0.3 is 16.0 Å². The molecule has 0 aliphatic carbocycles. The average molecular weight is 401 g/mol. The maximum atomic E-state index is 13.0. The summed E-state index contributed by atoms with van der Waals surface area (Å²) in [6, 6.07) is 3.45. The van der Waals surface area contributed by atoms with Crippen molar-refractivity contribution in [2.24, 2.45) is 11.7 Å². The van der Waals surface area contributed by atoms with Crippen molar-refractivity contribution in [2.75, 3.05) is 0 Å². The molecule has 1 amide bonds. The van der Waals surface area contributed by atoms with Crippen LogP contribution in [0.4, 0.5) is 0 Å². The van der Waals surface area contributed by atoms with Crippen LogP contribution in [0.2, 0.25) is 0 Å². The maximum Gasteiger partial charge on any atom is 0.237 e. The van der Waals surface area contributed by atoms with Gasteiger partial charge in [-0.05, 0) is 29.9 Å². The van der Waals surface area contributed by atoms with Crippen LogP contribution >= 0.6 is 0 Å². The number of Topliss-reactive ketones (excluding diaryl/α,β-unsaturated/α-hetero) is 1. The lowest BCUT2D eigenvalue weighted by Crippen LogP contribution is -2.44. The molecular formula is C23H36N4O2. The number of nitrogens with zero attached hydrogens (tertiary/aromatic N) is 1. The molecule has 0 spiro atoms. The molecule has 2 rings (SSSR count). The summed E-state index contributed by atoms with van der Waals surface area (Å²) in [7, 11) is 0. The highest BCUT2D eigenvalue weighted by atomic mass is 16.2. The van der Waals surface area contributed by atoms with E-state index in [0.29, 0.717) is 17.8 Å². The Balaban J connectivity index is 2.26. The van der Waals surface area contributed by atoms with E-state index in [0.717, 1.165) is 42.3 Å². The minimum absolute atomic E-state index is 0.117. The second-order valence-electron chi connectivity index (χ2n) is 8.27. The molecule has 6 heteroatoms. The molecule has 1 aromatic heterocycles. The van der Waals surface area contributed by atoms with Gasteiger partial charge in [-0.25, -0.2) is 4.98 Å². The van der Waals surface area contributed by atoms with E-state index in [1.165, 1.54) is 0 Å². The minimum Gasteiger partial charge on any atom is -0.348 e. The number of unbranched alkanes of at least 4 members (excludes halogenated alkanes) is 2. The predicted molar refractivity (Wildman–Crippen MR) is 118 cm³/mol. The molecule has 0 saturated carbocycles. The summed E-state index contributed by atoms with van der Waals surface area (Å²) in [5.41, 5.74) is 9.27. The molecule has 0 radical (unpaired) electrons. The number of carbonyl (C=O) groups excluding carboxylic acids is 2. The van der Waals surface area contributed by atoms with Gasteiger partial charge in [0.2, 0.25) is 5.91 Å². The van der Waals surface area contributed by atoms with E-state index in [1.54, 1.807) is 0 Å². The number of nitrogens with one attached hydrogen (secondary N) is 2. The molecule has 0 fully saturated rings. The standard InChI is InChI=1S/C23H36N4O2/c1-6-8-9-10-18(28)20-16(14(3)4)11-12-17-22(20)27-19(26-17)13-25-23(29)21(24)15(5)7-2/h11-12,14-15,21H,6-10,13,24H2,1-5H3,(H,25,29)(H,26,27)/t15-,21-/m0/s1. The number of aromatic amines is 1. The molecule has 1 aromatic carbocycles. The van der Waals surface area contributed by atoms with Gasteiger partial charge >= 0.3 is 0 Å². The zero-order chi connectivity index (χ0) is 21.6. The van der Waals surface area contributed by atoms with Crippen LogP contribution in [0.1, 0.15) is 94.4 Å². The first-order chi connectivity index (χ1) is 13.8. The van der Waals surface area contributed by atoms with Crippen molar-refractivity contribution in [1.29, 1.82) is 0 Å². The van der Waals surface area contributed by atoms with Crippen molar-refractivity contribution >= 4 is 22.7 Å². The van der Waals surface area contributed by atoms with Gasteiger partial charge in [0, 0.05) is 12.0 Å². The molecule has 29 heavy (non-hydrogen) atoms. The quantitative estimate of drug-likeness (QED) is 0.383. The highest BCUT2D eigenvalue weighted by Crippen LogP contribution is 2.28. The third-order valence-corrected chi connectivity index (χ3v) is 5.63. The Bertz CT molecular complexity index is 841. The van der Waals surface area contributed by atoms with Gasteiger partial charge in [-0.1, -0.05) is 59.9 Å². The van der Waals surface area contributed by atoms with Crippen LogP contribution in [-0.4, -0.2) is 27.7 Å². The van der Waals surface area contributed by atoms with Crippen molar-refractivity contribution in [2.45, 2.75) is 85.2 Å². The summed E-state index contributed by atoms with van der Waals surface area (Å²) in [5.74, 6) is 0.949. The Morgan fingerprint density at radius 1 is 1.17 bits per heavy atom. The summed E-state index contributed by atoms with van der Waals surface area (Å²) < 4.78 is 0. The first-order valence-electron chi connectivity index (χ1n) is 10.9. The maximum absolute atomic E-state index is 13.0. The van der Waals surface area contributed by atoms with Gasteiger partial charge in [-0.2, -0.15) is 0 Å². The number of imidazole rings is 1. The smallest absolute Gasteiger partial charge is 0.237 e. The van der Waals surface area contributed by atoms with Crippen molar-refractivity contribution in [3.05, 3.63) is 29.1 Å². The minimum atomic E-state index is -0.535. The molecule has 2 atom stereocenters. The van der Waals surface area contributed by atoms with Gasteiger partial charge in [0.1, 0.15) is 5.82 Å². The highest BCUT2D eigenvalue weighted by Gasteiger charge is 2.22. The molecule has 0 saturated heterocycles. The van der Waals surface area contributed by atoms with Crippen molar-refractivity contribution in [3.8, 4) is 0 Å². The zero-order valence-electron chi connectivity index (χ0n) is 18.5. The molecule has 2 aromatic rings. The lowest BCUT2D eigenvalue weighted by atomic mass is 9.91. The summed E-state index contributed by atoms with van der Waals surface area (Å²) in [5, 5.41) is 2.86. The van der Waals surface area contributed by atoms with Crippen LogP contribution < -0.4 is 11.1 Å². The Morgan fingerprint density at radius 2 is 1.90 bits per heavy atom. The third kappa shape index (κ3) is 5.66. The molecular weight excluding hydrogens is 364 g/mol. The van der Waals surface area contributed by atoms with Crippen LogP contribution in [0.25, 0.3) is 11.0 Å². The number of fused-ring (bicyclic) bond motifs is 1. The lowest BCUT2D eigenvalue weighted by Gasteiger charge is -2.17. The number of rotatable bonds is 11. The van der Waals surface area contributed by atoms with E-state index < -0.39 is 6.04 Å². The van der Waals surface area contributed by atoms with Crippen molar-refractivity contribution in [1.82, 2.24) is 15.3 Å². The number of benzene rings is 1. The topological polar surface area (TPSA) is 101 Å². The van der Waals surface area contributed by atoms with Gasteiger partial charge in [0.15, 0.2) is 5.78 Å². The molecule has 1 heterocycles. The van der Waals surface area contributed by atoms with Crippen LogP contribution in [-0.2, 0) is 11.3 Å². The van der Waals surface area contributed by atoms with Crippen molar-refractivity contribution in [3.63, 3.8) is 0 Å². The van der Waals surface area contributed by atoms with Crippen LogP contribution in [0.5, 0.6) is 0 Å². The summed E-state index contributed by atoms with van der Waals surface area (Å²) in [6.45, 7) is 10.6. The fourth-order valence-electron chi connectivity index (χ4n) is 3.46. The number of aromatic nitrogens is 2. The molecule has 0 aliphatic rings. The second-order valence-corrected chi connectivity index (χ2v) is 8.27. The monoisotopic (exact) mass is 400 g/mol. The summed E-state index contributed by atoms with van der Waals surface area (Å²) >= 11 is 0. The van der Waals surface area contributed by atoms with E-state index >= 15 is 0 Å². The number of carbonyl (C=O) groups is 2. The highest BCUT2D eigenvalue weighted by molar-refractivity contribution is 6.07. The van der Waals surface area contributed by atoms with E-state index in [1.807, 2.05) is 26.0 Å². The number of amides is 1. The lowest BCUT2D eigenvalue weighted by molar-refractivity contribution is -0.123. The molecule has 6 nitrogen and oxygen atoms in total. The number of H-pyrrole nitrogens is 1. The number of hydrogen-bond acceptors (Lipinski definition) is 4. The van der Waals surface area contributed by atoms with Gasteiger partial charge in [0.05, 0.1) is 23.6 Å². The van der Waals surface area contributed by atoms with E-state index in [-0.39, 0.29) is 30.1 Å². The van der Waals surface area contributed by atoms with E-state index in [4.69, 9.17) is 5.73 Å². The van der Waals surface area contributed by atoms with Crippen LogP contribution in [0, 0.1) is 5.92 Å². The Hall–Kier alpha value is -2.21. The Kier molecular flexibility index (Phi) is 8.38. The van der Waals surface area contributed by atoms with Gasteiger partial charge in [-0.3, -0.25) is 9.59 Å². The Labute approximate surface area is 174 Å². The number of nitrogens with two attached hydrogens (primary N) is 1.